The van der Waals surface area contributed by atoms with Crippen LogP contribution in [0.5, 0.6) is 0 Å². The van der Waals surface area contributed by atoms with Crippen molar-refractivity contribution in [1.29, 1.82) is 0 Å². The van der Waals surface area contributed by atoms with Crippen LogP contribution < -0.4 is 31.9 Å². The number of urea groups is 2. The highest BCUT2D eigenvalue weighted by molar-refractivity contribution is 7.90. The molecule has 0 saturated carbocycles. The van der Waals surface area contributed by atoms with Crippen molar-refractivity contribution in [3.63, 3.8) is 0 Å². The number of halogens is 4. The Morgan fingerprint density at radius 3 is 1.75 bits per heavy atom. The van der Waals surface area contributed by atoms with Gasteiger partial charge in [-0.05, 0) is 103 Å². The lowest BCUT2D eigenvalue weighted by atomic mass is 10.1. The Labute approximate surface area is 356 Å². The van der Waals surface area contributed by atoms with Crippen molar-refractivity contribution in [2.24, 2.45) is 0 Å². The number of nitrogens with zero attached hydrogens (tertiary/aromatic N) is 1. The number of hydrogen-bond acceptors (Lipinski definition) is 6. The fraction of sp³-hybridized carbons (Fsp3) is 0.268. The highest BCUT2D eigenvalue weighted by atomic mass is 35.5. The van der Waals surface area contributed by atoms with Crippen LogP contribution in [0.1, 0.15) is 88.6 Å². The third-order valence-corrected chi connectivity index (χ3v) is 11.9. The average molecular weight is 888 g/mol. The maximum absolute atomic E-state index is 13.5. The molecule has 0 aliphatic heterocycles. The maximum Gasteiger partial charge on any atom is 0.315 e. The first kappa shape index (κ1) is 46.8. The molecule has 6 amide bonds. The molecule has 0 bridgehead atoms. The zero-order valence-electron chi connectivity index (χ0n) is 31.2. The minimum Gasteiger partial charge on any atom is -0.357 e. The largest absolute Gasteiger partial charge is 0.357 e. The Morgan fingerprint density at radius 2 is 1.23 bits per heavy atom. The van der Waals surface area contributed by atoms with Gasteiger partial charge in [0, 0.05) is 37.9 Å². The molecule has 0 fully saturated rings. The van der Waals surface area contributed by atoms with Gasteiger partial charge in [-0.25, -0.2) is 30.8 Å². The second-order valence-corrected chi connectivity index (χ2v) is 16.0. The molecule has 0 spiro atoms. The Hall–Kier alpha value is -5.91. The predicted molar refractivity (Wildman–Crippen MR) is 228 cm³/mol. The van der Waals surface area contributed by atoms with Crippen molar-refractivity contribution in [2.75, 3.05) is 24.7 Å². The molecule has 2 unspecified atom stereocenters. The average Bonchev–Trinajstić information content (AvgIpc) is 3.98. The summed E-state index contributed by atoms with van der Waals surface area (Å²) in [7, 11) is -1.10. The van der Waals surface area contributed by atoms with E-state index in [1.807, 2.05) is 6.92 Å². The van der Waals surface area contributed by atoms with Crippen LogP contribution in [0.3, 0.4) is 0 Å². The first-order chi connectivity index (χ1) is 27.6. The van der Waals surface area contributed by atoms with Crippen molar-refractivity contribution < 1.29 is 36.4 Å². The summed E-state index contributed by atoms with van der Waals surface area (Å²) < 4.78 is 54.7. The van der Waals surface area contributed by atoms with Crippen molar-refractivity contribution in [3.8, 4) is 0 Å². The Balaban J connectivity index is 0.000000270. The number of amides is 6. The second kappa shape index (κ2) is 19.4. The number of benzene rings is 3. The summed E-state index contributed by atoms with van der Waals surface area (Å²) >= 11 is 11.5. The minimum absolute atomic E-state index is 0. The van der Waals surface area contributed by atoms with Gasteiger partial charge in [-0.15, -0.1) is 0 Å². The first-order valence-electron chi connectivity index (χ1n) is 17.9. The molecule has 2 aliphatic carbocycles. The summed E-state index contributed by atoms with van der Waals surface area (Å²) in [5.41, 5.74) is 4.71. The Morgan fingerprint density at radius 1 is 0.733 bits per heavy atom. The molecule has 5 aromatic rings. The molecule has 2 aliphatic rings. The van der Waals surface area contributed by atoms with Crippen LogP contribution in [0.15, 0.2) is 78.0 Å². The molecular weight excluding hydrogens is 841 g/mol. The quantitative estimate of drug-likeness (QED) is 0.0820. The highest BCUT2D eigenvalue weighted by Crippen LogP contribution is 2.37. The van der Waals surface area contributed by atoms with Gasteiger partial charge in [-0.1, -0.05) is 55.8 Å². The predicted octanol–water partition coefficient (Wildman–Crippen LogP) is 8.24. The number of hydrogen-bond donors (Lipinski definition) is 7. The van der Waals surface area contributed by atoms with E-state index in [4.69, 9.17) is 23.2 Å². The number of aromatic nitrogens is 2. The smallest absolute Gasteiger partial charge is 0.315 e. The fourth-order valence-electron chi connectivity index (χ4n) is 6.78. The lowest BCUT2D eigenvalue weighted by Crippen LogP contribution is -2.34. The molecule has 7 N–H and O–H groups in total. The summed E-state index contributed by atoms with van der Waals surface area (Å²) in [5.74, 6) is -2.22. The van der Waals surface area contributed by atoms with Crippen molar-refractivity contribution in [2.45, 2.75) is 64.4 Å². The van der Waals surface area contributed by atoms with E-state index in [0.717, 1.165) is 33.1 Å². The number of nitrogens with one attached hydrogen (secondary N) is 7. The van der Waals surface area contributed by atoms with Crippen LogP contribution in [0.25, 0.3) is 0 Å². The molecule has 7 rings (SSSR count). The van der Waals surface area contributed by atoms with Crippen molar-refractivity contribution in [3.05, 3.63) is 134 Å². The van der Waals surface area contributed by atoms with Gasteiger partial charge in [-0.3, -0.25) is 9.59 Å². The SMILES string of the molecule is C.C.CNC(=O)NC1CCc2c1c[nH]c2C(=O)Nc1ccc(F)c(Cl)c1.CNC(=O)NC1CCc2c1cn(S(=O)(=O)c1ccc(C)cc1)c2C(=O)Nc1ccc(F)c(Cl)c1. The van der Waals surface area contributed by atoms with E-state index in [1.54, 1.807) is 25.4 Å². The third-order valence-electron chi connectivity index (χ3n) is 9.69. The molecule has 2 atom stereocenters. The van der Waals surface area contributed by atoms with E-state index in [-0.39, 0.29) is 59.2 Å². The van der Waals surface area contributed by atoms with E-state index in [9.17, 15) is 36.4 Å². The standard InChI is InChI=1S/C23H22ClFN4O4S.C16H16ClFN4O2.2CH4/c1-13-3-6-15(7-4-13)34(32,33)29-12-17-16(8-10-20(17)28-23(31)26-2)21(29)22(30)27-14-5-9-19(25)18(24)11-14;1-19-16(24)22-13-5-3-9-10(13)7-20-14(9)15(23)21-8-2-4-12(18)11(17)6-8;;/h3-7,9,11-12,20H,8,10H2,1-2H3,(H,27,30)(H2,26,28,31);2,4,6-7,13,20H,3,5H2,1H3,(H,21,23)(H2,19,22,24);2*1H4. The molecule has 14 nitrogen and oxygen atoms in total. The molecular formula is C41H46Cl2F2N8O6S. The van der Waals surface area contributed by atoms with Gasteiger partial charge in [0.25, 0.3) is 21.8 Å². The normalized spacial score (nSPS) is 14.8. The topological polar surface area (TPSA) is 195 Å². The number of aryl methyl sites for hydroxylation is 1. The second-order valence-electron chi connectivity index (χ2n) is 13.4. The van der Waals surface area contributed by atoms with E-state index >= 15 is 0 Å². The van der Waals surface area contributed by atoms with Gasteiger partial charge in [0.15, 0.2) is 0 Å². The van der Waals surface area contributed by atoms with Gasteiger partial charge >= 0.3 is 12.1 Å². The lowest BCUT2D eigenvalue weighted by molar-refractivity contribution is 0.101. The van der Waals surface area contributed by atoms with Gasteiger partial charge in [0.1, 0.15) is 23.0 Å². The Bertz CT molecular complexity index is 2530. The number of rotatable bonds is 8. The summed E-state index contributed by atoms with van der Waals surface area (Å²) in [6.45, 7) is 1.84. The molecule has 19 heteroatoms. The van der Waals surface area contributed by atoms with Crippen LogP contribution in [0, 0.1) is 18.6 Å². The summed E-state index contributed by atoms with van der Waals surface area (Å²) in [5, 5.41) is 15.7. The molecule has 2 aromatic heterocycles. The number of carbonyl (C=O) groups is 4. The minimum atomic E-state index is -4.13. The van der Waals surface area contributed by atoms with Crippen LogP contribution in [-0.4, -0.2) is 55.3 Å². The van der Waals surface area contributed by atoms with E-state index in [1.165, 1.54) is 55.7 Å². The highest BCUT2D eigenvalue weighted by Gasteiger charge is 2.36. The Kier molecular flexibility index (Phi) is 15.2. The fourth-order valence-corrected chi connectivity index (χ4v) is 8.54. The number of anilines is 2. The van der Waals surface area contributed by atoms with Crippen LogP contribution in [-0.2, 0) is 22.9 Å². The van der Waals surface area contributed by atoms with Crippen LogP contribution in [0.4, 0.5) is 29.7 Å². The first-order valence-corrected chi connectivity index (χ1v) is 20.1. The summed E-state index contributed by atoms with van der Waals surface area (Å²) in [6.07, 6.45) is 5.41. The van der Waals surface area contributed by atoms with Crippen LogP contribution >= 0.6 is 23.2 Å². The number of H-pyrrole nitrogens is 1. The van der Waals surface area contributed by atoms with Gasteiger partial charge in [0.05, 0.1) is 27.0 Å². The zero-order valence-corrected chi connectivity index (χ0v) is 33.6. The molecule has 60 heavy (non-hydrogen) atoms. The van der Waals surface area contributed by atoms with Crippen LogP contribution in [0.2, 0.25) is 10.0 Å². The molecule has 0 saturated heterocycles. The van der Waals surface area contributed by atoms with Gasteiger partial charge < -0.3 is 36.9 Å². The van der Waals surface area contributed by atoms with E-state index in [2.05, 4.69) is 36.9 Å². The molecule has 320 valence electrons. The summed E-state index contributed by atoms with van der Waals surface area (Å²) in [6, 6.07) is 12.7. The number of carbonyl (C=O) groups excluding carboxylic acids is 4. The summed E-state index contributed by atoms with van der Waals surface area (Å²) in [4.78, 5) is 52.1. The third kappa shape index (κ3) is 9.92. The molecule has 3 aromatic carbocycles. The maximum atomic E-state index is 13.5. The zero-order chi connectivity index (χ0) is 41.9. The van der Waals surface area contributed by atoms with E-state index < -0.39 is 39.6 Å². The molecule has 2 heterocycles. The molecule has 0 radical (unpaired) electrons. The van der Waals surface area contributed by atoms with Crippen molar-refractivity contribution >= 4 is 68.5 Å². The monoisotopic (exact) mass is 886 g/mol. The number of fused-ring (bicyclic) bond motifs is 2. The van der Waals surface area contributed by atoms with E-state index in [0.29, 0.717) is 41.8 Å². The lowest BCUT2D eigenvalue weighted by Gasteiger charge is -2.14. The van der Waals surface area contributed by atoms with Crippen molar-refractivity contribution in [1.82, 2.24) is 30.2 Å². The van der Waals surface area contributed by atoms with Gasteiger partial charge in [0.2, 0.25) is 0 Å². The number of aromatic amines is 1. The van der Waals surface area contributed by atoms with Gasteiger partial charge in [-0.2, -0.15) is 0 Å².